The van der Waals surface area contributed by atoms with Gasteiger partial charge in [-0.2, -0.15) is 8.42 Å². The van der Waals surface area contributed by atoms with Crippen LogP contribution in [0.3, 0.4) is 0 Å². The summed E-state index contributed by atoms with van der Waals surface area (Å²) in [5.74, 6) is 0.0633. The lowest BCUT2D eigenvalue weighted by molar-refractivity contribution is 0.234. The maximum atomic E-state index is 10.7. The van der Waals surface area contributed by atoms with Crippen LogP contribution in [0.4, 0.5) is 0 Å². The molecule has 0 saturated carbocycles. The summed E-state index contributed by atoms with van der Waals surface area (Å²) in [5, 5.41) is 0. The number of unbranched alkanes of at least 4 members (excludes halogenated alkanes) is 10. The van der Waals surface area contributed by atoms with Crippen molar-refractivity contribution in [1.29, 1.82) is 0 Å². The molecule has 0 aromatic rings. The molecule has 1 atom stereocenters. The summed E-state index contributed by atoms with van der Waals surface area (Å²) in [5.41, 5.74) is 0. The zero-order chi connectivity index (χ0) is 18.1. The second-order valence-corrected chi connectivity index (χ2v) is 7.75. The SMILES string of the molecule is CCCC/C=C/C(CCCCCCCCCCC)COS(=O)(=O)O. The third-order valence-corrected chi connectivity index (χ3v) is 4.68. The molecule has 0 amide bonds. The Hall–Kier alpha value is -0.390. The molecular weight excluding hydrogens is 324 g/mol. The quantitative estimate of drug-likeness (QED) is 0.193. The number of rotatable bonds is 17. The average molecular weight is 363 g/mol. The van der Waals surface area contributed by atoms with Crippen molar-refractivity contribution in [1.82, 2.24) is 0 Å². The Bertz CT molecular complexity index is 390. The van der Waals surface area contributed by atoms with E-state index in [-0.39, 0.29) is 12.5 Å². The lowest BCUT2D eigenvalue weighted by atomic mass is 9.99. The number of hydrogen-bond donors (Lipinski definition) is 1. The first-order valence-corrected chi connectivity index (χ1v) is 11.1. The zero-order valence-electron chi connectivity index (χ0n) is 15.7. The van der Waals surface area contributed by atoms with Gasteiger partial charge in [0, 0.05) is 5.92 Å². The Morgan fingerprint density at radius 3 is 1.96 bits per heavy atom. The van der Waals surface area contributed by atoms with Gasteiger partial charge in [-0.3, -0.25) is 4.55 Å². The molecule has 0 bridgehead atoms. The summed E-state index contributed by atoms with van der Waals surface area (Å²) < 4.78 is 34.8. The van der Waals surface area contributed by atoms with Gasteiger partial charge in [-0.05, 0) is 12.8 Å². The van der Waals surface area contributed by atoms with Crippen LogP contribution in [0.2, 0.25) is 0 Å². The molecule has 0 aromatic heterocycles. The molecule has 0 fully saturated rings. The van der Waals surface area contributed by atoms with Gasteiger partial charge in [-0.15, -0.1) is 0 Å². The fourth-order valence-electron chi connectivity index (χ4n) is 2.74. The minimum Gasteiger partial charge on any atom is -0.264 e. The first-order chi connectivity index (χ1) is 11.5. The van der Waals surface area contributed by atoms with Gasteiger partial charge in [0.05, 0.1) is 6.61 Å². The van der Waals surface area contributed by atoms with Gasteiger partial charge in [0.2, 0.25) is 0 Å². The standard InChI is InChI=1S/C19H38O4S/c1-3-5-7-9-10-11-12-13-15-17-19(16-14-8-6-4-2)18-23-24(20,21)22/h14,16,19H,3-13,15,17-18H2,1-2H3,(H,20,21,22)/b16-14+. The van der Waals surface area contributed by atoms with Crippen molar-refractivity contribution in [2.75, 3.05) is 6.61 Å². The monoisotopic (exact) mass is 362 g/mol. The molecule has 0 rings (SSSR count). The summed E-state index contributed by atoms with van der Waals surface area (Å²) in [6.07, 6.45) is 19.8. The maximum absolute atomic E-state index is 10.7. The van der Waals surface area contributed by atoms with E-state index in [1.54, 1.807) is 0 Å². The number of hydrogen-bond acceptors (Lipinski definition) is 3. The minimum absolute atomic E-state index is 0.0402. The first kappa shape index (κ1) is 23.6. The van der Waals surface area contributed by atoms with Crippen LogP contribution in [-0.2, 0) is 14.6 Å². The normalized spacial score (nSPS) is 13.6. The molecule has 0 spiro atoms. The fourth-order valence-corrected chi connectivity index (χ4v) is 3.08. The summed E-state index contributed by atoms with van der Waals surface area (Å²) in [6, 6.07) is 0. The van der Waals surface area contributed by atoms with Gasteiger partial charge < -0.3 is 0 Å². The summed E-state index contributed by atoms with van der Waals surface area (Å²) >= 11 is 0. The van der Waals surface area contributed by atoms with Crippen LogP contribution in [0.5, 0.6) is 0 Å². The zero-order valence-corrected chi connectivity index (χ0v) is 16.5. The van der Waals surface area contributed by atoms with E-state index >= 15 is 0 Å². The molecular formula is C19H38O4S. The molecule has 0 heterocycles. The van der Waals surface area contributed by atoms with Crippen LogP contribution in [0, 0.1) is 5.92 Å². The highest BCUT2D eigenvalue weighted by molar-refractivity contribution is 7.80. The lowest BCUT2D eigenvalue weighted by Crippen LogP contribution is -2.12. The van der Waals surface area contributed by atoms with Crippen molar-refractivity contribution in [3.63, 3.8) is 0 Å². The largest absolute Gasteiger partial charge is 0.397 e. The average Bonchev–Trinajstić information content (AvgIpc) is 2.53. The second kappa shape index (κ2) is 16.1. The van der Waals surface area contributed by atoms with Gasteiger partial charge in [-0.1, -0.05) is 96.6 Å². The van der Waals surface area contributed by atoms with E-state index in [0.717, 1.165) is 32.1 Å². The second-order valence-electron chi connectivity index (χ2n) is 6.66. The van der Waals surface area contributed by atoms with E-state index in [4.69, 9.17) is 4.55 Å². The van der Waals surface area contributed by atoms with Crippen molar-refractivity contribution in [3.8, 4) is 0 Å². The van der Waals surface area contributed by atoms with E-state index < -0.39 is 10.4 Å². The Morgan fingerprint density at radius 2 is 1.42 bits per heavy atom. The van der Waals surface area contributed by atoms with E-state index in [1.165, 1.54) is 51.4 Å². The highest BCUT2D eigenvalue weighted by Gasteiger charge is 2.11. The Kier molecular flexibility index (Phi) is 15.8. The molecule has 0 aliphatic heterocycles. The van der Waals surface area contributed by atoms with E-state index in [0.29, 0.717) is 0 Å². The maximum Gasteiger partial charge on any atom is 0.397 e. The van der Waals surface area contributed by atoms with Crippen molar-refractivity contribution >= 4 is 10.4 Å². The molecule has 0 aliphatic rings. The highest BCUT2D eigenvalue weighted by atomic mass is 32.3. The smallest absolute Gasteiger partial charge is 0.264 e. The van der Waals surface area contributed by atoms with E-state index in [9.17, 15) is 8.42 Å². The van der Waals surface area contributed by atoms with Gasteiger partial charge in [0.25, 0.3) is 0 Å². The van der Waals surface area contributed by atoms with Crippen molar-refractivity contribution in [2.45, 2.75) is 97.3 Å². The lowest BCUT2D eigenvalue weighted by Gasteiger charge is -2.12. The molecule has 1 N–H and O–H groups in total. The molecule has 144 valence electrons. The van der Waals surface area contributed by atoms with Crippen LogP contribution in [0.15, 0.2) is 12.2 Å². The summed E-state index contributed by atoms with van der Waals surface area (Å²) in [6.45, 7) is 4.42. The van der Waals surface area contributed by atoms with Crippen LogP contribution in [-0.4, -0.2) is 19.6 Å². The fraction of sp³-hybridized carbons (Fsp3) is 0.895. The van der Waals surface area contributed by atoms with Crippen molar-refractivity contribution in [2.24, 2.45) is 5.92 Å². The third-order valence-electron chi connectivity index (χ3n) is 4.24. The van der Waals surface area contributed by atoms with Crippen LogP contribution < -0.4 is 0 Å². The summed E-state index contributed by atoms with van der Waals surface area (Å²) in [7, 11) is -4.34. The predicted molar refractivity (Wildman–Crippen MR) is 101 cm³/mol. The molecule has 5 heteroatoms. The number of allylic oxidation sites excluding steroid dienone is 1. The minimum atomic E-state index is -4.34. The van der Waals surface area contributed by atoms with Gasteiger partial charge in [0.1, 0.15) is 0 Å². The van der Waals surface area contributed by atoms with Gasteiger partial charge in [-0.25, -0.2) is 4.18 Å². The molecule has 4 nitrogen and oxygen atoms in total. The van der Waals surface area contributed by atoms with Crippen molar-refractivity contribution in [3.05, 3.63) is 12.2 Å². The Balaban J connectivity index is 3.88. The molecule has 1 unspecified atom stereocenters. The predicted octanol–water partition coefficient (Wildman–Crippen LogP) is 6.09. The summed E-state index contributed by atoms with van der Waals surface area (Å²) in [4.78, 5) is 0. The van der Waals surface area contributed by atoms with Crippen molar-refractivity contribution < 1.29 is 17.2 Å². The molecule has 24 heavy (non-hydrogen) atoms. The third kappa shape index (κ3) is 18.0. The molecule has 0 saturated heterocycles. The van der Waals surface area contributed by atoms with Crippen LogP contribution in [0.1, 0.15) is 97.3 Å². The Morgan fingerprint density at radius 1 is 0.875 bits per heavy atom. The molecule has 0 aromatic carbocycles. The first-order valence-electron chi connectivity index (χ1n) is 9.78. The van der Waals surface area contributed by atoms with E-state index in [1.807, 2.05) is 6.08 Å². The van der Waals surface area contributed by atoms with Crippen LogP contribution in [0.25, 0.3) is 0 Å². The Labute approximate surface area is 150 Å². The molecule has 0 radical (unpaired) electrons. The topological polar surface area (TPSA) is 63.6 Å². The van der Waals surface area contributed by atoms with Gasteiger partial charge in [0.15, 0.2) is 0 Å². The van der Waals surface area contributed by atoms with Crippen LogP contribution >= 0.6 is 0 Å². The van der Waals surface area contributed by atoms with E-state index in [2.05, 4.69) is 24.1 Å². The highest BCUT2D eigenvalue weighted by Crippen LogP contribution is 2.16. The molecule has 0 aliphatic carbocycles. The van der Waals surface area contributed by atoms with Gasteiger partial charge >= 0.3 is 10.4 Å².